The number of imidazole rings is 1. The molecule has 3 heterocycles. The topological polar surface area (TPSA) is 97.2 Å². The summed E-state index contributed by atoms with van der Waals surface area (Å²) in [4.78, 5) is 19.7. The van der Waals surface area contributed by atoms with Crippen molar-refractivity contribution in [1.82, 2.24) is 24.6 Å². The third-order valence-electron chi connectivity index (χ3n) is 4.41. The van der Waals surface area contributed by atoms with E-state index < -0.39 is 5.82 Å². The van der Waals surface area contributed by atoms with Gasteiger partial charge in [-0.1, -0.05) is 19.3 Å². The first-order valence-electron chi connectivity index (χ1n) is 9.58. The summed E-state index contributed by atoms with van der Waals surface area (Å²) in [6.45, 7) is 2.14. The average Bonchev–Trinajstić information content (AvgIpc) is 3.46. The quantitative estimate of drug-likeness (QED) is 0.352. The van der Waals surface area contributed by atoms with E-state index in [1.165, 1.54) is 31.0 Å². The molecule has 8 nitrogen and oxygen atoms in total. The van der Waals surface area contributed by atoms with Gasteiger partial charge in [-0.2, -0.15) is 5.10 Å². The van der Waals surface area contributed by atoms with Gasteiger partial charge < -0.3 is 14.5 Å². The minimum absolute atomic E-state index is 0.152. The monoisotopic (exact) mass is 428 g/mol. The Labute approximate surface area is 176 Å². The summed E-state index contributed by atoms with van der Waals surface area (Å²) in [5.41, 5.74) is 2.21. The fourth-order valence-electron chi connectivity index (χ4n) is 2.98. The largest absolute Gasteiger partial charge is 0.489 e. The Kier molecular flexibility index (Phi) is 5.84. The molecule has 5 rings (SSSR count). The van der Waals surface area contributed by atoms with Gasteiger partial charge in [-0.15, -0.1) is 11.8 Å². The molecule has 1 saturated carbocycles. The van der Waals surface area contributed by atoms with E-state index in [2.05, 4.69) is 25.5 Å². The molecule has 1 amide bonds. The Bertz CT molecular complexity index is 1200. The second-order valence-electron chi connectivity index (χ2n) is 6.63. The van der Waals surface area contributed by atoms with Crippen molar-refractivity contribution in [3.05, 3.63) is 30.6 Å². The SMILES string of the molecule is C1CC1.CCOc1c(F)c(SC)c(-c2cn3cc(NC=O)nc3cn2)c2cn[nH]c12. The van der Waals surface area contributed by atoms with Crippen molar-refractivity contribution < 1.29 is 13.9 Å². The summed E-state index contributed by atoms with van der Waals surface area (Å²) >= 11 is 1.27. The second-order valence-corrected chi connectivity index (χ2v) is 7.45. The van der Waals surface area contributed by atoms with E-state index in [0.29, 0.717) is 51.5 Å². The van der Waals surface area contributed by atoms with Gasteiger partial charge in [-0.25, -0.2) is 9.37 Å². The number of benzene rings is 1. The molecular formula is C20H21FN6O2S. The number of rotatable bonds is 6. The highest BCUT2D eigenvalue weighted by atomic mass is 32.2. The van der Waals surface area contributed by atoms with Crippen molar-refractivity contribution in [2.24, 2.45) is 0 Å². The molecule has 0 spiro atoms. The van der Waals surface area contributed by atoms with Gasteiger partial charge in [0.05, 0.1) is 35.8 Å². The Balaban J connectivity index is 0.000000667. The molecule has 0 atom stereocenters. The van der Waals surface area contributed by atoms with E-state index in [0.717, 1.165) is 0 Å². The van der Waals surface area contributed by atoms with Crippen LogP contribution in [-0.4, -0.2) is 43.8 Å². The number of nitrogens with zero attached hydrogens (tertiary/aromatic N) is 4. The molecule has 3 aromatic heterocycles. The molecule has 156 valence electrons. The van der Waals surface area contributed by atoms with Gasteiger partial charge in [0, 0.05) is 17.1 Å². The first kappa shape index (κ1) is 20.1. The first-order valence-corrected chi connectivity index (χ1v) is 10.8. The lowest BCUT2D eigenvalue weighted by Gasteiger charge is -2.14. The second kappa shape index (κ2) is 8.70. The molecule has 0 unspecified atom stereocenters. The average molecular weight is 428 g/mol. The summed E-state index contributed by atoms with van der Waals surface area (Å²) in [6.07, 6.45) is 13.4. The van der Waals surface area contributed by atoms with Crippen molar-refractivity contribution in [3.8, 4) is 17.0 Å². The smallest absolute Gasteiger partial charge is 0.212 e. The van der Waals surface area contributed by atoms with Crippen LogP contribution in [0.2, 0.25) is 0 Å². The van der Waals surface area contributed by atoms with Gasteiger partial charge in [-0.3, -0.25) is 14.9 Å². The predicted octanol–water partition coefficient (Wildman–Crippen LogP) is 4.27. The molecule has 30 heavy (non-hydrogen) atoms. The Morgan fingerprint density at radius 1 is 1.33 bits per heavy atom. The zero-order valence-electron chi connectivity index (χ0n) is 16.6. The highest BCUT2D eigenvalue weighted by Gasteiger charge is 2.23. The first-order chi connectivity index (χ1) is 14.7. The van der Waals surface area contributed by atoms with Gasteiger partial charge in [0.15, 0.2) is 23.0 Å². The third-order valence-corrected chi connectivity index (χ3v) is 5.20. The van der Waals surface area contributed by atoms with E-state index in [4.69, 9.17) is 4.74 Å². The van der Waals surface area contributed by atoms with E-state index in [1.807, 2.05) is 0 Å². The number of nitrogens with one attached hydrogen (secondary N) is 2. The maximum atomic E-state index is 15.1. The normalized spacial score (nSPS) is 12.5. The molecule has 0 saturated heterocycles. The number of aromatic amines is 1. The van der Waals surface area contributed by atoms with Crippen LogP contribution in [-0.2, 0) is 4.79 Å². The zero-order chi connectivity index (χ0) is 21.1. The fraction of sp³-hybridized carbons (Fsp3) is 0.300. The van der Waals surface area contributed by atoms with Gasteiger partial charge in [0.1, 0.15) is 5.52 Å². The lowest BCUT2D eigenvalue weighted by Crippen LogP contribution is -2.00. The molecular weight excluding hydrogens is 407 g/mol. The number of anilines is 1. The number of halogens is 1. The van der Waals surface area contributed by atoms with Gasteiger partial charge in [0.25, 0.3) is 0 Å². The number of thioether (sulfide) groups is 1. The number of amides is 1. The van der Waals surface area contributed by atoms with Crippen molar-refractivity contribution in [1.29, 1.82) is 0 Å². The van der Waals surface area contributed by atoms with Crippen LogP contribution in [0.4, 0.5) is 10.2 Å². The summed E-state index contributed by atoms with van der Waals surface area (Å²) in [5.74, 6) is 0.103. The number of carbonyl (C=O) groups is 1. The van der Waals surface area contributed by atoms with Crippen molar-refractivity contribution >= 4 is 40.5 Å². The molecule has 1 fully saturated rings. The van der Waals surface area contributed by atoms with Gasteiger partial charge in [0.2, 0.25) is 6.41 Å². The Hall–Kier alpha value is -3.14. The molecule has 1 aliphatic carbocycles. The molecule has 10 heteroatoms. The van der Waals surface area contributed by atoms with Crippen LogP contribution in [0.3, 0.4) is 0 Å². The highest BCUT2D eigenvalue weighted by molar-refractivity contribution is 7.98. The molecule has 0 bridgehead atoms. The highest BCUT2D eigenvalue weighted by Crippen LogP contribution is 2.43. The summed E-state index contributed by atoms with van der Waals surface area (Å²) in [5, 5.41) is 10.1. The molecule has 4 aromatic rings. The van der Waals surface area contributed by atoms with Crippen LogP contribution >= 0.6 is 11.8 Å². The van der Waals surface area contributed by atoms with Gasteiger partial charge >= 0.3 is 0 Å². The molecule has 1 aromatic carbocycles. The lowest BCUT2D eigenvalue weighted by molar-refractivity contribution is -0.105. The molecule has 0 aliphatic heterocycles. The number of fused-ring (bicyclic) bond motifs is 2. The minimum Gasteiger partial charge on any atom is -0.489 e. The molecule has 2 N–H and O–H groups in total. The number of aromatic nitrogens is 5. The number of carbonyl (C=O) groups excluding carboxylic acids is 1. The summed E-state index contributed by atoms with van der Waals surface area (Å²) in [7, 11) is 0. The lowest BCUT2D eigenvalue weighted by atomic mass is 10.1. The fourth-order valence-corrected chi connectivity index (χ4v) is 3.67. The zero-order valence-corrected chi connectivity index (χ0v) is 17.4. The van der Waals surface area contributed by atoms with Crippen molar-refractivity contribution in [2.45, 2.75) is 31.1 Å². The number of hydrogen-bond acceptors (Lipinski definition) is 6. The molecule has 0 radical (unpaired) electrons. The standard InChI is InChI=1S/C17H15FN6O2S.C3H6/c1-3-26-16-14(18)17(27-2)13(9-4-21-23-15(9)16)10-6-24-7-11(20-8-25)22-12(24)5-19-10;1-2-3-1/h4-8H,3H2,1-2H3,(H,20,25)(H,21,23);1-3H2. The van der Waals surface area contributed by atoms with Crippen LogP contribution in [0.15, 0.2) is 29.7 Å². The summed E-state index contributed by atoms with van der Waals surface area (Å²) < 4.78 is 22.4. The summed E-state index contributed by atoms with van der Waals surface area (Å²) in [6, 6.07) is 0. The van der Waals surface area contributed by atoms with Gasteiger partial charge in [-0.05, 0) is 13.2 Å². The van der Waals surface area contributed by atoms with Crippen LogP contribution in [0.5, 0.6) is 5.75 Å². The van der Waals surface area contributed by atoms with E-state index in [-0.39, 0.29) is 5.75 Å². The third kappa shape index (κ3) is 3.82. The van der Waals surface area contributed by atoms with Crippen molar-refractivity contribution in [3.63, 3.8) is 0 Å². The Morgan fingerprint density at radius 3 is 2.80 bits per heavy atom. The van der Waals surface area contributed by atoms with Crippen LogP contribution in [0.25, 0.3) is 27.8 Å². The number of ether oxygens (including phenoxy) is 1. The maximum absolute atomic E-state index is 15.1. The minimum atomic E-state index is -0.452. The number of H-pyrrole nitrogens is 1. The van der Waals surface area contributed by atoms with E-state index >= 15 is 4.39 Å². The van der Waals surface area contributed by atoms with Crippen LogP contribution in [0, 0.1) is 5.82 Å². The predicted molar refractivity (Wildman–Crippen MR) is 115 cm³/mol. The van der Waals surface area contributed by atoms with Crippen LogP contribution in [0.1, 0.15) is 26.2 Å². The Morgan fingerprint density at radius 2 is 2.13 bits per heavy atom. The molecule has 1 aliphatic rings. The number of hydrogen-bond donors (Lipinski definition) is 2. The van der Waals surface area contributed by atoms with Crippen molar-refractivity contribution in [2.75, 3.05) is 18.2 Å². The van der Waals surface area contributed by atoms with E-state index in [9.17, 15) is 4.79 Å². The maximum Gasteiger partial charge on any atom is 0.212 e. The van der Waals surface area contributed by atoms with Crippen LogP contribution < -0.4 is 10.1 Å². The van der Waals surface area contributed by atoms with E-state index in [1.54, 1.807) is 42.4 Å².